The molecule has 0 saturated carbocycles. The highest BCUT2D eigenvalue weighted by Gasteiger charge is 2.15. The first-order valence-electron chi connectivity index (χ1n) is 6.04. The molecule has 0 fully saturated rings. The molecule has 20 heavy (non-hydrogen) atoms. The van der Waals surface area contributed by atoms with E-state index in [2.05, 4.69) is 45.3 Å². The summed E-state index contributed by atoms with van der Waals surface area (Å²) in [6.45, 7) is 4.16. The number of carbonyl (C=O) groups is 1. The van der Waals surface area contributed by atoms with Gasteiger partial charge in [0.15, 0.2) is 0 Å². The van der Waals surface area contributed by atoms with E-state index in [0.29, 0.717) is 15.5 Å². The second kappa shape index (κ2) is 6.41. The van der Waals surface area contributed by atoms with Gasteiger partial charge in [0.2, 0.25) is 5.13 Å². The van der Waals surface area contributed by atoms with Crippen LogP contribution in [0.25, 0.3) is 0 Å². The summed E-state index contributed by atoms with van der Waals surface area (Å²) in [7, 11) is 0. The Morgan fingerprint density at radius 2 is 2.20 bits per heavy atom. The third kappa shape index (κ3) is 3.83. The number of anilines is 1. The predicted molar refractivity (Wildman–Crippen MR) is 80.5 cm³/mol. The van der Waals surface area contributed by atoms with Crippen molar-refractivity contribution in [1.82, 2.24) is 10.2 Å². The van der Waals surface area contributed by atoms with E-state index in [1.165, 1.54) is 29.5 Å². The van der Waals surface area contributed by atoms with Gasteiger partial charge in [-0.25, -0.2) is 4.39 Å². The van der Waals surface area contributed by atoms with Gasteiger partial charge in [-0.2, -0.15) is 0 Å². The number of nitrogens with one attached hydrogen (secondary N) is 1. The minimum Gasteiger partial charge on any atom is -0.296 e. The lowest BCUT2D eigenvalue weighted by atomic mass is 10.1. The maximum Gasteiger partial charge on any atom is 0.260 e. The molecule has 0 aliphatic rings. The zero-order valence-electron chi connectivity index (χ0n) is 11.0. The Hall–Kier alpha value is -1.34. The van der Waals surface area contributed by atoms with Gasteiger partial charge in [0.1, 0.15) is 10.8 Å². The van der Waals surface area contributed by atoms with E-state index in [4.69, 9.17) is 0 Å². The Kier molecular flexibility index (Phi) is 4.82. The molecule has 0 radical (unpaired) electrons. The van der Waals surface area contributed by atoms with Crippen molar-refractivity contribution in [2.75, 3.05) is 5.32 Å². The van der Waals surface area contributed by atoms with Gasteiger partial charge in [0.25, 0.3) is 5.91 Å². The number of aromatic nitrogens is 2. The number of amides is 1. The topological polar surface area (TPSA) is 54.9 Å². The molecule has 2 aromatic rings. The van der Waals surface area contributed by atoms with Gasteiger partial charge in [0.05, 0.1) is 5.56 Å². The number of nitrogens with zero attached hydrogens (tertiary/aromatic N) is 2. The summed E-state index contributed by atoms with van der Waals surface area (Å²) in [5, 5.41) is 11.7. The number of benzene rings is 1. The van der Waals surface area contributed by atoms with Crippen molar-refractivity contribution in [2.24, 2.45) is 5.92 Å². The molecule has 4 nitrogen and oxygen atoms in total. The summed E-state index contributed by atoms with van der Waals surface area (Å²) in [5.41, 5.74) is -0.0278. The lowest BCUT2D eigenvalue weighted by Gasteiger charge is -2.03. The third-order valence-electron chi connectivity index (χ3n) is 2.44. The summed E-state index contributed by atoms with van der Waals surface area (Å²) in [6, 6.07) is 4.21. The van der Waals surface area contributed by atoms with E-state index in [0.717, 1.165) is 11.4 Å². The molecule has 1 aromatic carbocycles. The van der Waals surface area contributed by atoms with Crippen molar-refractivity contribution < 1.29 is 9.18 Å². The highest BCUT2D eigenvalue weighted by molar-refractivity contribution is 9.10. The van der Waals surface area contributed by atoms with Crippen LogP contribution in [0.1, 0.15) is 29.2 Å². The Balaban J connectivity index is 2.11. The Morgan fingerprint density at radius 1 is 1.45 bits per heavy atom. The van der Waals surface area contributed by atoms with E-state index in [9.17, 15) is 9.18 Å². The molecule has 0 aliphatic carbocycles. The van der Waals surface area contributed by atoms with Crippen LogP contribution in [0.4, 0.5) is 9.52 Å². The Labute approximate surface area is 128 Å². The number of carbonyl (C=O) groups excluding carboxylic acids is 1. The minimum absolute atomic E-state index is 0.0278. The molecule has 106 valence electrons. The van der Waals surface area contributed by atoms with Crippen molar-refractivity contribution in [1.29, 1.82) is 0 Å². The van der Waals surface area contributed by atoms with Crippen LogP contribution >= 0.6 is 27.3 Å². The number of halogens is 2. The molecule has 0 spiro atoms. The van der Waals surface area contributed by atoms with Gasteiger partial charge in [-0.05, 0) is 24.1 Å². The summed E-state index contributed by atoms with van der Waals surface area (Å²) in [6.07, 6.45) is 0.804. The number of hydrogen-bond acceptors (Lipinski definition) is 4. The zero-order valence-corrected chi connectivity index (χ0v) is 13.4. The molecule has 0 bridgehead atoms. The standard InChI is InChI=1S/C13H13BrFN3OS/c1-7(2)5-11-17-18-13(20-11)16-12(19)9-6-8(14)3-4-10(9)15/h3-4,6-7H,5H2,1-2H3,(H,16,18,19). The first-order chi connectivity index (χ1) is 9.45. The second-order valence-corrected chi connectivity index (χ2v) is 6.65. The summed E-state index contributed by atoms with van der Waals surface area (Å²) in [4.78, 5) is 12.0. The van der Waals surface area contributed by atoms with Gasteiger partial charge in [-0.3, -0.25) is 10.1 Å². The fourth-order valence-electron chi connectivity index (χ4n) is 1.57. The van der Waals surface area contributed by atoms with Crippen LogP contribution in [0.2, 0.25) is 0 Å². The molecular formula is C13H13BrFN3OS. The van der Waals surface area contributed by atoms with Crippen molar-refractivity contribution >= 4 is 38.3 Å². The van der Waals surface area contributed by atoms with E-state index in [1.807, 2.05) is 0 Å². The van der Waals surface area contributed by atoms with Crippen molar-refractivity contribution in [2.45, 2.75) is 20.3 Å². The quantitative estimate of drug-likeness (QED) is 0.902. The van der Waals surface area contributed by atoms with Gasteiger partial charge >= 0.3 is 0 Å². The fraction of sp³-hybridized carbons (Fsp3) is 0.308. The molecule has 0 unspecified atom stereocenters. The first-order valence-corrected chi connectivity index (χ1v) is 7.65. The highest BCUT2D eigenvalue weighted by Crippen LogP contribution is 2.21. The second-order valence-electron chi connectivity index (χ2n) is 4.68. The summed E-state index contributed by atoms with van der Waals surface area (Å²) >= 11 is 4.52. The predicted octanol–water partition coefficient (Wildman–Crippen LogP) is 3.89. The van der Waals surface area contributed by atoms with Gasteiger partial charge in [-0.1, -0.05) is 41.1 Å². The van der Waals surface area contributed by atoms with Crippen LogP contribution in [0.15, 0.2) is 22.7 Å². The summed E-state index contributed by atoms with van der Waals surface area (Å²) in [5.74, 6) is -0.636. The van der Waals surface area contributed by atoms with E-state index in [-0.39, 0.29) is 5.56 Å². The molecule has 0 atom stereocenters. The zero-order chi connectivity index (χ0) is 14.7. The van der Waals surface area contributed by atoms with Crippen LogP contribution in [0.3, 0.4) is 0 Å². The Bertz CT molecular complexity index is 630. The van der Waals surface area contributed by atoms with Crippen LogP contribution in [0, 0.1) is 11.7 Å². The van der Waals surface area contributed by atoms with Crippen LogP contribution in [0.5, 0.6) is 0 Å². The molecule has 0 saturated heterocycles. The maximum absolute atomic E-state index is 13.6. The van der Waals surface area contributed by atoms with Crippen molar-refractivity contribution in [3.8, 4) is 0 Å². The minimum atomic E-state index is -0.572. The fourth-order valence-corrected chi connectivity index (χ4v) is 2.88. The molecule has 7 heteroatoms. The van der Waals surface area contributed by atoms with Gasteiger partial charge in [-0.15, -0.1) is 10.2 Å². The lowest BCUT2D eigenvalue weighted by Crippen LogP contribution is -2.13. The van der Waals surface area contributed by atoms with Crippen molar-refractivity contribution in [3.05, 3.63) is 39.1 Å². The molecule has 1 heterocycles. The van der Waals surface area contributed by atoms with Gasteiger partial charge in [0, 0.05) is 10.9 Å². The van der Waals surface area contributed by atoms with Crippen molar-refractivity contribution in [3.63, 3.8) is 0 Å². The van der Waals surface area contributed by atoms with Gasteiger partial charge < -0.3 is 0 Å². The lowest BCUT2D eigenvalue weighted by molar-refractivity contribution is 0.102. The molecule has 1 N–H and O–H groups in total. The monoisotopic (exact) mass is 357 g/mol. The maximum atomic E-state index is 13.6. The molecular weight excluding hydrogens is 345 g/mol. The average Bonchev–Trinajstić information content (AvgIpc) is 2.78. The third-order valence-corrected chi connectivity index (χ3v) is 3.80. The number of rotatable bonds is 4. The molecule has 2 rings (SSSR count). The average molecular weight is 358 g/mol. The van der Waals surface area contributed by atoms with Crippen LogP contribution in [-0.2, 0) is 6.42 Å². The first kappa shape index (κ1) is 15.1. The molecule has 1 amide bonds. The normalized spacial score (nSPS) is 10.8. The molecule has 1 aromatic heterocycles. The highest BCUT2D eigenvalue weighted by atomic mass is 79.9. The summed E-state index contributed by atoms with van der Waals surface area (Å²) < 4.78 is 14.2. The van der Waals surface area contributed by atoms with E-state index in [1.54, 1.807) is 0 Å². The van der Waals surface area contributed by atoms with E-state index < -0.39 is 11.7 Å². The number of hydrogen-bond donors (Lipinski definition) is 1. The Morgan fingerprint density at radius 3 is 2.90 bits per heavy atom. The van der Waals surface area contributed by atoms with Crippen LogP contribution < -0.4 is 5.32 Å². The molecule has 0 aliphatic heterocycles. The largest absolute Gasteiger partial charge is 0.296 e. The van der Waals surface area contributed by atoms with Crippen LogP contribution in [-0.4, -0.2) is 16.1 Å². The SMILES string of the molecule is CC(C)Cc1nnc(NC(=O)c2cc(Br)ccc2F)s1. The smallest absolute Gasteiger partial charge is 0.260 e. The van der Waals surface area contributed by atoms with E-state index >= 15 is 0 Å².